The van der Waals surface area contributed by atoms with Crippen molar-refractivity contribution in [3.8, 4) is 10.4 Å². The van der Waals surface area contributed by atoms with E-state index in [0.717, 1.165) is 0 Å². The molecular weight excluding hydrogens is 296 g/mol. The van der Waals surface area contributed by atoms with Gasteiger partial charge >= 0.3 is 0 Å². The SMILES string of the molecule is c1ccc2sc(-c3c4ccccc4cc4ccccc34)cc2c1. The lowest BCUT2D eigenvalue weighted by Crippen LogP contribution is -1.82. The Labute approximate surface area is 138 Å². The lowest BCUT2D eigenvalue weighted by molar-refractivity contribution is 1.76. The van der Waals surface area contributed by atoms with Crippen molar-refractivity contribution in [1.29, 1.82) is 0 Å². The monoisotopic (exact) mass is 310 g/mol. The molecule has 23 heavy (non-hydrogen) atoms. The molecule has 4 aromatic carbocycles. The highest BCUT2D eigenvalue weighted by molar-refractivity contribution is 7.22. The molecule has 0 saturated carbocycles. The van der Waals surface area contributed by atoms with Crippen LogP contribution in [0.25, 0.3) is 42.1 Å². The molecule has 108 valence electrons. The third-order valence-corrected chi connectivity index (χ3v) is 5.58. The second-order valence-electron chi connectivity index (χ2n) is 5.84. The molecule has 5 aromatic rings. The summed E-state index contributed by atoms with van der Waals surface area (Å²) in [5.41, 5.74) is 1.36. The van der Waals surface area contributed by atoms with Gasteiger partial charge in [0.15, 0.2) is 0 Å². The Morgan fingerprint density at radius 2 is 1.09 bits per heavy atom. The van der Waals surface area contributed by atoms with E-state index in [9.17, 15) is 0 Å². The van der Waals surface area contributed by atoms with Crippen LogP contribution in [0.5, 0.6) is 0 Å². The van der Waals surface area contributed by atoms with Crippen LogP contribution >= 0.6 is 11.3 Å². The zero-order valence-corrected chi connectivity index (χ0v) is 13.3. The average molecular weight is 310 g/mol. The quantitative estimate of drug-likeness (QED) is 0.296. The normalized spacial score (nSPS) is 11.5. The highest BCUT2D eigenvalue weighted by Crippen LogP contribution is 2.41. The largest absolute Gasteiger partial charge is 0.135 e. The van der Waals surface area contributed by atoms with Gasteiger partial charge in [-0.1, -0.05) is 66.7 Å². The molecule has 0 aliphatic rings. The maximum absolute atomic E-state index is 2.33. The van der Waals surface area contributed by atoms with E-state index in [1.807, 2.05) is 11.3 Å². The molecule has 0 bridgehead atoms. The molecule has 0 aliphatic heterocycles. The number of thiophene rings is 1. The third-order valence-electron chi connectivity index (χ3n) is 4.44. The van der Waals surface area contributed by atoms with Crippen molar-refractivity contribution >= 4 is 43.0 Å². The Bertz CT molecular complexity index is 1080. The van der Waals surface area contributed by atoms with E-state index in [0.29, 0.717) is 0 Å². The third kappa shape index (κ3) is 1.97. The van der Waals surface area contributed by atoms with Gasteiger partial charge in [-0.25, -0.2) is 0 Å². The van der Waals surface area contributed by atoms with Gasteiger partial charge in [0, 0.05) is 15.1 Å². The Kier molecular flexibility index (Phi) is 2.76. The van der Waals surface area contributed by atoms with E-state index in [1.54, 1.807) is 0 Å². The van der Waals surface area contributed by atoms with Crippen LogP contribution in [-0.4, -0.2) is 0 Å². The molecule has 0 fully saturated rings. The van der Waals surface area contributed by atoms with Crippen LogP contribution in [0.4, 0.5) is 0 Å². The van der Waals surface area contributed by atoms with Crippen molar-refractivity contribution in [3.05, 3.63) is 84.9 Å². The van der Waals surface area contributed by atoms with E-state index in [1.165, 1.54) is 42.1 Å². The molecule has 1 aromatic heterocycles. The molecular formula is C22H14S. The van der Waals surface area contributed by atoms with Crippen molar-refractivity contribution in [1.82, 2.24) is 0 Å². The fraction of sp³-hybridized carbons (Fsp3) is 0. The Morgan fingerprint density at radius 3 is 1.74 bits per heavy atom. The van der Waals surface area contributed by atoms with Crippen LogP contribution in [-0.2, 0) is 0 Å². The first-order valence-electron chi connectivity index (χ1n) is 7.79. The molecule has 0 aliphatic carbocycles. The van der Waals surface area contributed by atoms with Crippen molar-refractivity contribution in [2.45, 2.75) is 0 Å². The standard InChI is InChI=1S/C22H14S/c1-4-10-18-15(7-1)13-16-8-2-5-11-19(16)22(18)21-14-17-9-3-6-12-20(17)23-21/h1-14H. The topological polar surface area (TPSA) is 0 Å². The van der Waals surface area contributed by atoms with Gasteiger partial charge in [-0.2, -0.15) is 0 Å². The van der Waals surface area contributed by atoms with Crippen molar-refractivity contribution in [2.24, 2.45) is 0 Å². The molecule has 0 saturated heterocycles. The second kappa shape index (κ2) is 4.94. The van der Waals surface area contributed by atoms with Crippen molar-refractivity contribution in [2.75, 3.05) is 0 Å². The molecule has 0 nitrogen and oxygen atoms in total. The summed E-state index contributed by atoms with van der Waals surface area (Å²) in [6, 6.07) is 30.6. The highest BCUT2D eigenvalue weighted by atomic mass is 32.1. The zero-order chi connectivity index (χ0) is 15.2. The molecule has 1 heteroatoms. The Hall–Kier alpha value is -2.64. The van der Waals surface area contributed by atoms with Gasteiger partial charge in [0.25, 0.3) is 0 Å². The van der Waals surface area contributed by atoms with Gasteiger partial charge in [-0.05, 0) is 45.1 Å². The van der Waals surface area contributed by atoms with Crippen LogP contribution in [0.2, 0.25) is 0 Å². The molecule has 0 spiro atoms. The summed E-state index contributed by atoms with van der Waals surface area (Å²) in [6.45, 7) is 0. The Balaban J connectivity index is 1.97. The molecule has 1 heterocycles. The molecule has 0 atom stereocenters. The number of rotatable bonds is 1. The summed E-state index contributed by atoms with van der Waals surface area (Å²) in [7, 11) is 0. The maximum atomic E-state index is 2.33. The first-order valence-corrected chi connectivity index (χ1v) is 8.61. The predicted molar refractivity (Wildman–Crippen MR) is 102 cm³/mol. The van der Waals surface area contributed by atoms with Crippen LogP contribution in [0.1, 0.15) is 0 Å². The smallest absolute Gasteiger partial charge is 0.0367 e. The summed E-state index contributed by atoms with van der Waals surface area (Å²) in [4.78, 5) is 1.35. The van der Waals surface area contributed by atoms with Crippen molar-refractivity contribution < 1.29 is 0 Å². The van der Waals surface area contributed by atoms with Gasteiger partial charge in [-0.15, -0.1) is 11.3 Å². The van der Waals surface area contributed by atoms with Crippen LogP contribution in [0.3, 0.4) is 0 Å². The number of hydrogen-bond acceptors (Lipinski definition) is 1. The second-order valence-corrected chi connectivity index (χ2v) is 6.93. The minimum atomic E-state index is 1.30. The van der Waals surface area contributed by atoms with Crippen molar-refractivity contribution in [3.63, 3.8) is 0 Å². The zero-order valence-electron chi connectivity index (χ0n) is 12.5. The van der Waals surface area contributed by atoms with Gasteiger partial charge in [0.2, 0.25) is 0 Å². The van der Waals surface area contributed by atoms with E-state index in [4.69, 9.17) is 0 Å². The maximum Gasteiger partial charge on any atom is 0.0367 e. The van der Waals surface area contributed by atoms with Gasteiger partial charge in [-0.3, -0.25) is 0 Å². The fourth-order valence-electron chi connectivity index (χ4n) is 3.38. The summed E-state index contributed by atoms with van der Waals surface area (Å²) in [6.07, 6.45) is 0. The lowest BCUT2D eigenvalue weighted by Gasteiger charge is -2.10. The first-order chi connectivity index (χ1) is 11.4. The minimum Gasteiger partial charge on any atom is -0.135 e. The van der Waals surface area contributed by atoms with Crippen LogP contribution in [0.15, 0.2) is 84.9 Å². The lowest BCUT2D eigenvalue weighted by atomic mass is 9.96. The van der Waals surface area contributed by atoms with E-state index >= 15 is 0 Å². The molecule has 0 radical (unpaired) electrons. The first kappa shape index (κ1) is 12.9. The minimum absolute atomic E-state index is 1.30. The van der Waals surface area contributed by atoms with E-state index < -0.39 is 0 Å². The van der Waals surface area contributed by atoms with E-state index in [2.05, 4.69) is 84.9 Å². The molecule has 0 N–H and O–H groups in total. The predicted octanol–water partition coefficient (Wildman–Crippen LogP) is 6.87. The molecule has 0 amide bonds. The van der Waals surface area contributed by atoms with Gasteiger partial charge in [0.05, 0.1) is 0 Å². The van der Waals surface area contributed by atoms with Gasteiger partial charge < -0.3 is 0 Å². The molecule has 0 unspecified atom stereocenters. The summed E-state index contributed by atoms with van der Waals surface area (Å²) in [5, 5.41) is 6.59. The number of benzene rings is 4. The van der Waals surface area contributed by atoms with Gasteiger partial charge in [0.1, 0.15) is 0 Å². The van der Waals surface area contributed by atoms with Crippen LogP contribution < -0.4 is 0 Å². The fourth-order valence-corrected chi connectivity index (χ4v) is 4.52. The average Bonchev–Trinajstić information content (AvgIpc) is 3.03. The Morgan fingerprint density at radius 1 is 0.522 bits per heavy atom. The molecule has 5 rings (SSSR count). The summed E-state index contributed by atoms with van der Waals surface area (Å²) >= 11 is 1.88. The van der Waals surface area contributed by atoms with E-state index in [-0.39, 0.29) is 0 Å². The van der Waals surface area contributed by atoms with Crippen LogP contribution in [0, 0.1) is 0 Å². The summed E-state index contributed by atoms with van der Waals surface area (Å²) < 4.78 is 1.35. The highest BCUT2D eigenvalue weighted by Gasteiger charge is 2.12. The number of fused-ring (bicyclic) bond motifs is 3. The summed E-state index contributed by atoms with van der Waals surface area (Å²) in [5.74, 6) is 0. The number of hydrogen-bond donors (Lipinski definition) is 0.